The molecule has 13 aromatic rings. The Kier molecular flexibility index (Phi) is 8.08. The highest BCUT2D eigenvalue weighted by Gasteiger charge is 2.17. The van der Waals surface area contributed by atoms with Gasteiger partial charge in [0.2, 0.25) is 0 Å². The van der Waals surface area contributed by atoms with E-state index in [4.69, 9.17) is 9.40 Å². The second-order valence-corrected chi connectivity index (χ2v) is 17.3. The number of nitrogens with zero attached hydrogens (tertiary/aromatic N) is 2. The van der Waals surface area contributed by atoms with Gasteiger partial charge in [0.15, 0.2) is 0 Å². The first-order valence-corrected chi connectivity index (χ1v) is 22.2. The van der Waals surface area contributed by atoms with Crippen LogP contribution in [0.4, 0.5) is 17.1 Å². The summed E-state index contributed by atoms with van der Waals surface area (Å²) in [5.41, 5.74) is 11.9. The van der Waals surface area contributed by atoms with Gasteiger partial charge in [-0.3, -0.25) is 0 Å². The van der Waals surface area contributed by atoms with Crippen molar-refractivity contribution in [3.05, 3.63) is 218 Å². The van der Waals surface area contributed by atoms with Gasteiger partial charge in [-0.25, -0.2) is 4.98 Å². The van der Waals surface area contributed by atoms with Crippen LogP contribution in [0.25, 0.3) is 108 Å². The van der Waals surface area contributed by atoms with Crippen LogP contribution in [0, 0.1) is 0 Å². The maximum absolute atomic E-state index is 6.26. The van der Waals surface area contributed by atoms with Crippen LogP contribution >= 0.6 is 11.3 Å². The van der Waals surface area contributed by atoms with Crippen molar-refractivity contribution in [2.24, 2.45) is 0 Å². The average molecular weight is 821 g/mol. The number of para-hydroxylation sites is 1. The van der Waals surface area contributed by atoms with Gasteiger partial charge in [-0.05, 0) is 127 Å². The van der Waals surface area contributed by atoms with Gasteiger partial charge in [0.05, 0.1) is 10.2 Å². The van der Waals surface area contributed by atoms with Crippen LogP contribution in [0.1, 0.15) is 0 Å². The fraction of sp³-hybridized carbons (Fsp3) is 0. The molecule has 0 unspecified atom stereocenters. The number of rotatable bonds is 6. The zero-order valence-corrected chi connectivity index (χ0v) is 34.8. The zero-order chi connectivity index (χ0) is 41.4. The maximum Gasteiger partial charge on any atom is 0.135 e. The van der Waals surface area contributed by atoms with Gasteiger partial charge < -0.3 is 9.32 Å². The van der Waals surface area contributed by atoms with Gasteiger partial charge >= 0.3 is 0 Å². The van der Waals surface area contributed by atoms with E-state index >= 15 is 0 Å². The van der Waals surface area contributed by atoms with Gasteiger partial charge in [0.1, 0.15) is 16.2 Å². The van der Waals surface area contributed by atoms with Crippen molar-refractivity contribution in [3.8, 4) is 32.8 Å². The van der Waals surface area contributed by atoms with Crippen LogP contribution in [0.3, 0.4) is 0 Å². The number of hydrogen-bond acceptors (Lipinski definition) is 4. The summed E-state index contributed by atoms with van der Waals surface area (Å²) in [6.07, 6.45) is 0. The van der Waals surface area contributed by atoms with Gasteiger partial charge in [0.25, 0.3) is 0 Å². The van der Waals surface area contributed by atoms with Crippen molar-refractivity contribution in [2.75, 3.05) is 4.90 Å². The van der Waals surface area contributed by atoms with Crippen molar-refractivity contribution in [1.29, 1.82) is 0 Å². The monoisotopic (exact) mass is 820 g/mol. The molecule has 0 spiro atoms. The molecule has 0 N–H and O–H groups in total. The third-order valence-corrected chi connectivity index (χ3v) is 13.8. The van der Waals surface area contributed by atoms with Crippen LogP contribution in [0.15, 0.2) is 223 Å². The second-order valence-electron chi connectivity index (χ2n) is 16.3. The van der Waals surface area contributed by atoms with Crippen LogP contribution < -0.4 is 4.90 Å². The van der Waals surface area contributed by atoms with Crippen molar-refractivity contribution in [1.82, 2.24) is 4.98 Å². The first-order valence-electron chi connectivity index (χ1n) is 21.3. The van der Waals surface area contributed by atoms with Gasteiger partial charge in [-0.2, -0.15) is 0 Å². The van der Waals surface area contributed by atoms with Crippen LogP contribution in [0.2, 0.25) is 0 Å². The minimum absolute atomic E-state index is 0.881. The molecular weight excluding hydrogens is 785 g/mol. The van der Waals surface area contributed by atoms with Crippen LogP contribution in [-0.4, -0.2) is 4.98 Å². The van der Waals surface area contributed by atoms with Crippen LogP contribution in [0.5, 0.6) is 0 Å². The standard InChI is InChI=1S/C59H36N2OS/c1-2-9-42(10-3-1)59-60-54-32-25-41-17-19-45-34-43(24-31-50(45)57(41)58(54)63-59)37-20-26-46(27-21-37)61(48-30-33-56-53(36-48)51-12-6-7-13-55(51)62-56)47-28-22-38(23-29-47)44-18-16-40-15-14-39-8-4-5-11-49(39)52(40)35-44/h1-36H. The molecule has 2 heterocycles. The molecule has 4 heteroatoms. The summed E-state index contributed by atoms with van der Waals surface area (Å²) in [4.78, 5) is 7.39. The fourth-order valence-corrected chi connectivity index (χ4v) is 10.6. The normalized spacial score (nSPS) is 11.8. The summed E-state index contributed by atoms with van der Waals surface area (Å²) in [5.74, 6) is 0. The molecule has 11 aromatic carbocycles. The topological polar surface area (TPSA) is 29.3 Å². The van der Waals surface area contributed by atoms with Crippen molar-refractivity contribution in [2.45, 2.75) is 0 Å². The molecule has 0 atom stereocenters. The first-order chi connectivity index (χ1) is 31.2. The Morgan fingerprint density at radius 3 is 1.75 bits per heavy atom. The molecule has 0 aliphatic heterocycles. The second kappa shape index (κ2) is 14.3. The number of benzene rings is 11. The molecule has 0 saturated heterocycles. The summed E-state index contributed by atoms with van der Waals surface area (Å²) in [6.45, 7) is 0. The quantitative estimate of drug-likeness (QED) is 0.157. The molecule has 3 nitrogen and oxygen atoms in total. The molecule has 0 aliphatic carbocycles. The average Bonchev–Trinajstić information content (AvgIpc) is 3.96. The molecule has 63 heavy (non-hydrogen) atoms. The minimum Gasteiger partial charge on any atom is -0.456 e. The van der Waals surface area contributed by atoms with Crippen molar-refractivity contribution in [3.63, 3.8) is 0 Å². The molecule has 0 fully saturated rings. The third-order valence-electron chi connectivity index (χ3n) is 12.7. The predicted octanol–water partition coefficient (Wildman–Crippen LogP) is 17.3. The Hall–Kier alpha value is -8.05. The minimum atomic E-state index is 0.881. The molecule has 2 aromatic heterocycles. The predicted molar refractivity (Wildman–Crippen MR) is 268 cm³/mol. The van der Waals surface area contributed by atoms with E-state index in [-0.39, 0.29) is 0 Å². The number of aromatic nitrogens is 1. The van der Waals surface area contributed by atoms with E-state index in [1.165, 1.54) is 70.0 Å². The third kappa shape index (κ3) is 5.99. The van der Waals surface area contributed by atoms with E-state index in [0.717, 1.165) is 55.1 Å². The van der Waals surface area contributed by atoms with Crippen molar-refractivity contribution >= 4 is 104 Å². The lowest BCUT2D eigenvalue weighted by atomic mass is 9.96. The van der Waals surface area contributed by atoms with Crippen molar-refractivity contribution < 1.29 is 4.42 Å². The van der Waals surface area contributed by atoms with Gasteiger partial charge in [-0.1, -0.05) is 152 Å². The largest absolute Gasteiger partial charge is 0.456 e. The Bertz CT molecular complexity index is 3900. The highest BCUT2D eigenvalue weighted by molar-refractivity contribution is 7.22. The van der Waals surface area contributed by atoms with E-state index in [0.29, 0.717) is 0 Å². The molecule has 0 saturated carbocycles. The summed E-state index contributed by atoms with van der Waals surface area (Å²) < 4.78 is 7.49. The lowest BCUT2D eigenvalue weighted by Gasteiger charge is -2.26. The van der Waals surface area contributed by atoms with E-state index in [2.05, 4.69) is 211 Å². The molecule has 0 bridgehead atoms. The summed E-state index contributed by atoms with van der Waals surface area (Å²) in [7, 11) is 0. The molecule has 13 rings (SSSR count). The molecular formula is C59H36N2OS. The van der Waals surface area contributed by atoms with Gasteiger partial charge in [-0.15, -0.1) is 11.3 Å². The van der Waals surface area contributed by atoms with E-state index < -0.39 is 0 Å². The zero-order valence-electron chi connectivity index (χ0n) is 34.0. The SMILES string of the molecule is c1ccc(-c2nc3ccc4ccc5cc(-c6ccc(N(c7ccc(-c8ccc9ccc%10ccccc%10c9c8)cc7)c7ccc8oc9ccccc9c8c7)cc6)ccc5c4c3s2)cc1. The Morgan fingerprint density at radius 1 is 0.349 bits per heavy atom. The molecule has 0 amide bonds. The van der Waals surface area contributed by atoms with Gasteiger partial charge in [0, 0.05) is 38.8 Å². The number of fused-ring (bicyclic) bond motifs is 11. The highest BCUT2D eigenvalue weighted by atomic mass is 32.1. The summed E-state index contributed by atoms with van der Waals surface area (Å²) >= 11 is 1.78. The van der Waals surface area contributed by atoms with E-state index in [1.807, 2.05) is 12.1 Å². The van der Waals surface area contributed by atoms with E-state index in [1.54, 1.807) is 11.3 Å². The van der Waals surface area contributed by atoms with E-state index in [9.17, 15) is 0 Å². The Balaban J connectivity index is 0.888. The number of hydrogen-bond donors (Lipinski definition) is 0. The number of anilines is 3. The maximum atomic E-state index is 6.26. The van der Waals surface area contributed by atoms with Crippen LogP contribution in [-0.2, 0) is 0 Å². The first kappa shape index (κ1) is 35.7. The molecule has 0 radical (unpaired) electrons. The lowest BCUT2D eigenvalue weighted by molar-refractivity contribution is 0.669. The summed E-state index contributed by atoms with van der Waals surface area (Å²) in [6, 6.07) is 78.8. The molecule has 0 aliphatic rings. The Morgan fingerprint density at radius 2 is 0.937 bits per heavy atom. The smallest absolute Gasteiger partial charge is 0.135 e. The lowest BCUT2D eigenvalue weighted by Crippen LogP contribution is -2.09. The number of furan rings is 1. The fourth-order valence-electron chi connectivity index (χ4n) is 9.50. The highest BCUT2D eigenvalue weighted by Crippen LogP contribution is 2.42. The molecule has 294 valence electrons. The number of thiazole rings is 1. The Labute approximate surface area is 367 Å². The summed E-state index contributed by atoms with van der Waals surface area (Å²) in [5, 5.41) is 13.3.